The lowest BCUT2D eigenvalue weighted by molar-refractivity contribution is -0.127. The van der Waals surface area contributed by atoms with Gasteiger partial charge >= 0.3 is 0 Å². The Hall–Kier alpha value is -3.10. The number of methoxy groups -OCH3 is 1. The lowest BCUT2D eigenvalue weighted by atomic mass is 10.0. The van der Waals surface area contributed by atoms with Crippen LogP contribution in [-0.4, -0.2) is 60.7 Å². The van der Waals surface area contributed by atoms with Gasteiger partial charge in [-0.1, -0.05) is 12.1 Å². The molecule has 1 amide bonds. The largest absolute Gasteiger partial charge is 0.497 e. The van der Waals surface area contributed by atoms with Crippen molar-refractivity contribution in [3.63, 3.8) is 0 Å². The van der Waals surface area contributed by atoms with Gasteiger partial charge in [0, 0.05) is 30.9 Å². The number of amides is 1. The summed E-state index contributed by atoms with van der Waals surface area (Å²) < 4.78 is 11.2. The molecule has 0 saturated carbocycles. The Morgan fingerprint density at radius 1 is 1.32 bits per heavy atom. The minimum Gasteiger partial charge on any atom is -0.497 e. The van der Waals surface area contributed by atoms with E-state index in [9.17, 15) is 9.90 Å². The van der Waals surface area contributed by atoms with Gasteiger partial charge in [0.25, 0.3) is 5.91 Å². The van der Waals surface area contributed by atoms with E-state index >= 15 is 0 Å². The third-order valence-corrected chi connectivity index (χ3v) is 5.94. The van der Waals surface area contributed by atoms with Gasteiger partial charge in [0.2, 0.25) is 6.10 Å². The zero-order valence-electron chi connectivity index (χ0n) is 17.4. The maximum absolute atomic E-state index is 12.6. The second-order valence-corrected chi connectivity index (χ2v) is 8.18. The van der Waals surface area contributed by atoms with Crippen LogP contribution in [0.5, 0.6) is 11.5 Å². The molecule has 2 aromatic carbocycles. The summed E-state index contributed by atoms with van der Waals surface area (Å²) >= 11 is 0. The van der Waals surface area contributed by atoms with E-state index in [1.54, 1.807) is 7.11 Å². The number of anilines is 1. The second-order valence-electron chi connectivity index (χ2n) is 8.18. The number of carbonyl (C=O) groups is 1. The van der Waals surface area contributed by atoms with Gasteiger partial charge in [-0.25, -0.2) is 0 Å². The molecule has 0 spiro atoms. The Bertz CT molecular complexity index is 1020. The number of hydrogen-bond acceptors (Lipinski definition) is 7. The quantitative estimate of drug-likeness (QED) is 0.656. The highest BCUT2D eigenvalue weighted by molar-refractivity contribution is 6.04. The molecular formula is C23H26N4O4. The van der Waals surface area contributed by atoms with E-state index < -0.39 is 6.10 Å². The molecule has 0 bridgehead atoms. The molecule has 0 aromatic heterocycles. The molecule has 2 aromatic rings. The number of ether oxygens (including phenoxy) is 2. The molecular weight excluding hydrogens is 396 g/mol. The second kappa shape index (κ2) is 8.20. The summed E-state index contributed by atoms with van der Waals surface area (Å²) in [7, 11) is 1.66. The predicted molar refractivity (Wildman–Crippen MR) is 117 cm³/mol. The van der Waals surface area contributed by atoms with Crippen LogP contribution >= 0.6 is 0 Å². The minimum absolute atomic E-state index is 0.170. The van der Waals surface area contributed by atoms with Crippen LogP contribution in [0.4, 0.5) is 5.69 Å². The van der Waals surface area contributed by atoms with E-state index in [4.69, 9.17) is 14.5 Å². The van der Waals surface area contributed by atoms with Gasteiger partial charge in [-0.15, -0.1) is 0 Å². The number of aliphatic imine (C=N–C) groups is 1. The number of likely N-dealkylation sites (tertiary alicyclic amines) is 1. The molecule has 3 aliphatic rings. The highest BCUT2D eigenvalue weighted by Gasteiger charge is 2.43. The summed E-state index contributed by atoms with van der Waals surface area (Å²) in [5.41, 5.74) is 2.96. The van der Waals surface area contributed by atoms with Crippen molar-refractivity contribution in [3.8, 4) is 11.5 Å². The Balaban J connectivity index is 1.32. The van der Waals surface area contributed by atoms with E-state index in [2.05, 4.69) is 15.5 Å². The fourth-order valence-corrected chi connectivity index (χ4v) is 4.34. The number of aliphatic hydroxyl groups excluding tert-OH is 1. The minimum atomic E-state index is -0.642. The van der Waals surface area contributed by atoms with Gasteiger partial charge in [-0.2, -0.15) is 0 Å². The number of carbonyl (C=O) groups excluding carboxylic acids is 1. The first-order chi connectivity index (χ1) is 15.1. The van der Waals surface area contributed by atoms with Crippen molar-refractivity contribution in [2.45, 2.75) is 31.2 Å². The number of rotatable bonds is 6. The number of nitrogens with zero attached hydrogens (tertiary/aromatic N) is 2. The van der Waals surface area contributed by atoms with Crippen molar-refractivity contribution >= 4 is 17.4 Å². The Labute approximate surface area is 180 Å². The van der Waals surface area contributed by atoms with Crippen molar-refractivity contribution in [3.05, 3.63) is 53.6 Å². The monoisotopic (exact) mass is 422 g/mol. The summed E-state index contributed by atoms with van der Waals surface area (Å²) in [5.74, 6) is 1.98. The topological polar surface area (TPSA) is 95.4 Å². The van der Waals surface area contributed by atoms with Crippen molar-refractivity contribution in [2.75, 3.05) is 32.1 Å². The molecule has 1 fully saturated rings. The maximum Gasteiger partial charge on any atom is 0.269 e. The van der Waals surface area contributed by atoms with Crippen molar-refractivity contribution in [1.82, 2.24) is 10.2 Å². The van der Waals surface area contributed by atoms with E-state index in [-0.39, 0.29) is 18.1 Å². The summed E-state index contributed by atoms with van der Waals surface area (Å²) in [6.07, 6.45) is -0.195. The van der Waals surface area contributed by atoms with Crippen LogP contribution in [0.2, 0.25) is 0 Å². The highest BCUT2D eigenvalue weighted by atomic mass is 16.5. The van der Waals surface area contributed by atoms with Crippen molar-refractivity contribution in [1.29, 1.82) is 0 Å². The molecule has 31 heavy (non-hydrogen) atoms. The van der Waals surface area contributed by atoms with E-state index in [1.165, 1.54) is 0 Å². The van der Waals surface area contributed by atoms with Crippen LogP contribution in [0, 0.1) is 0 Å². The molecule has 8 nitrogen and oxygen atoms in total. The molecule has 162 valence electrons. The SMILES string of the molecule is COc1cccc(CNc2ccc3c(c2)C2N=C(CN4CC[C@H](O)C4)NC(=O)C2O3)c1. The van der Waals surface area contributed by atoms with Crippen LogP contribution in [0.15, 0.2) is 47.5 Å². The predicted octanol–water partition coefficient (Wildman–Crippen LogP) is 1.70. The Kier molecular flexibility index (Phi) is 5.25. The smallest absolute Gasteiger partial charge is 0.269 e. The zero-order chi connectivity index (χ0) is 21.4. The molecule has 1 saturated heterocycles. The first-order valence-corrected chi connectivity index (χ1v) is 10.5. The molecule has 3 aliphatic heterocycles. The first-order valence-electron chi connectivity index (χ1n) is 10.5. The van der Waals surface area contributed by atoms with E-state index in [0.717, 1.165) is 35.5 Å². The Morgan fingerprint density at radius 3 is 3.03 bits per heavy atom. The molecule has 2 unspecified atom stereocenters. The average molecular weight is 422 g/mol. The lowest BCUT2D eigenvalue weighted by Crippen LogP contribution is -2.50. The fourth-order valence-electron chi connectivity index (χ4n) is 4.34. The molecule has 5 rings (SSSR count). The third-order valence-electron chi connectivity index (χ3n) is 5.94. The summed E-state index contributed by atoms with van der Waals surface area (Å²) in [4.78, 5) is 19.5. The van der Waals surface area contributed by atoms with Gasteiger partial charge < -0.3 is 25.2 Å². The van der Waals surface area contributed by atoms with Crippen molar-refractivity contribution < 1.29 is 19.4 Å². The first kappa shape index (κ1) is 19.8. The van der Waals surface area contributed by atoms with Crippen LogP contribution in [-0.2, 0) is 11.3 Å². The fraction of sp³-hybridized carbons (Fsp3) is 0.391. The van der Waals surface area contributed by atoms with Gasteiger partial charge in [-0.05, 0) is 42.3 Å². The lowest BCUT2D eigenvalue weighted by Gasteiger charge is -2.25. The number of aliphatic hydroxyl groups is 1. The van der Waals surface area contributed by atoms with Crippen LogP contribution in [0.3, 0.4) is 0 Å². The standard InChI is InChI=1S/C23H26N4O4/c1-30-17-4-2-3-14(9-17)11-24-15-5-6-19-18(10-15)21-22(31-19)23(29)26-20(25-21)13-27-8-7-16(28)12-27/h2-6,9-10,16,21-22,24,28H,7-8,11-13H2,1H3,(H,25,26,29)/t16-,21?,22?/m0/s1. The zero-order valence-corrected chi connectivity index (χ0v) is 17.4. The van der Waals surface area contributed by atoms with E-state index in [1.807, 2.05) is 42.5 Å². The van der Waals surface area contributed by atoms with Gasteiger partial charge in [0.1, 0.15) is 23.4 Å². The maximum atomic E-state index is 12.6. The highest BCUT2D eigenvalue weighted by Crippen LogP contribution is 2.42. The summed E-state index contributed by atoms with van der Waals surface area (Å²) in [5, 5.41) is 16.1. The number of fused-ring (bicyclic) bond motifs is 3. The van der Waals surface area contributed by atoms with E-state index in [0.29, 0.717) is 31.2 Å². The summed E-state index contributed by atoms with van der Waals surface area (Å²) in [6, 6.07) is 13.4. The third kappa shape index (κ3) is 4.08. The molecule has 3 atom stereocenters. The molecule has 8 heteroatoms. The molecule has 3 heterocycles. The summed E-state index contributed by atoms with van der Waals surface area (Å²) in [6.45, 7) is 2.58. The van der Waals surface area contributed by atoms with Crippen molar-refractivity contribution in [2.24, 2.45) is 4.99 Å². The molecule has 0 radical (unpaired) electrons. The number of nitrogens with one attached hydrogen (secondary N) is 2. The average Bonchev–Trinajstić information content (AvgIpc) is 3.35. The van der Waals surface area contributed by atoms with Gasteiger partial charge in [0.15, 0.2) is 0 Å². The van der Waals surface area contributed by atoms with Crippen LogP contribution in [0.25, 0.3) is 0 Å². The number of benzene rings is 2. The van der Waals surface area contributed by atoms with Gasteiger partial charge in [0.05, 0.1) is 19.8 Å². The van der Waals surface area contributed by atoms with Crippen LogP contribution in [0.1, 0.15) is 23.6 Å². The molecule has 3 N–H and O–H groups in total. The number of amidine groups is 1. The molecule has 0 aliphatic carbocycles. The van der Waals surface area contributed by atoms with Crippen LogP contribution < -0.4 is 20.1 Å². The van der Waals surface area contributed by atoms with Gasteiger partial charge in [-0.3, -0.25) is 14.7 Å². The Morgan fingerprint density at radius 2 is 2.23 bits per heavy atom. The normalized spacial score (nSPS) is 24.6. The number of hydrogen-bond donors (Lipinski definition) is 3. The number of β-amino-alcohol motifs (C(OH)–C–C–N with tert-alkyl or cyclic N) is 1.